The van der Waals surface area contributed by atoms with E-state index in [2.05, 4.69) is 41.4 Å². The molecule has 0 aliphatic carbocycles. The van der Waals surface area contributed by atoms with Gasteiger partial charge < -0.3 is 15.1 Å². The van der Waals surface area contributed by atoms with Crippen molar-refractivity contribution in [2.75, 3.05) is 25.0 Å². The summed E-state index contributed by atoms with van der Waals surface area (Å²) in [6.45, 7) is 5.14. The summed E-state index contributed by atoms with van der Waals surface area (Å²) in [5.74, 6) is -0.607. The summed E-state index contributed by atoms with van der Waals surface area (Å²) in [7, 11) is 0. The van der Waals surface area contributed by atoms with E-state index in [0.717, 1.165) is 56.6 Å². The summed E-state index contributed by atoms with van der Waals surface area (Å²) in [4.78, 5) is 17.4. The van der Waals surface area contributed by atoms with Gasteiger partial charge in [0.1, 0.15) is 5.82 Å². The van der Waals surface area contributed by atoms with Crippen LogP contribution in [0.3, 0.4) is 0 Å². The highest BCUT2D eigenvalue weighted by Gasteiger charge is 2.32. The van der Waals surface area contributed by atoms with Crippen LogP contribution in [0.2, 0.25) is 0 Å². The molecule has 1 atom stereocenters. The number of halogens is 4. The zero-order valence-electron chi connectivity index (χ0n) is 21.4. The number of hydrogen-bond acceptors (Lipinski definition) is 2. The second-order valence-electron chi connectivity index (χ2n) is 9.94. The van der Waals surface area contributed by atoms with Crippen molar-refractivity contribution in [2.24, 2.45) is 0 Å². The first kappa shape index (κ1) is 27.6. The number of anilines is 1. The van der Waals surface area contributed by atoms with E-state index in [1.54, 1.807) is 4.90 Å². The van der Waals surface area contributed by atoms with Gasteiger partial charge in [0.25, 0.3) is 0 Å². The first-order chi connectivity index (χ1) is 18.2. The monoisotopic (exact) mass is 527 g/mol. The number of piperidine rings is 1. The fourth-order valence-corrected chi connectivity index (χ4v) is 4.95. The van der Waals surface area contributed by atoms with E-state index in [1.165, 1.54) is 5.56 Å². The first-order valence-corrected chi connectivity index (χ1v) is 13.0. The number of likely N-dealkylation sites (tertiary alicyclic amines) is 1. The zero-order chi connectivity index (χ0) is 27.1. The lowest BCUT2D eigenvalue weighted by Crippen LogP contribution is -2.48. The van der Waals surface area contributed by atoms with E-state index in [1.807, 2.05) is 36.4 Å². The van der Waals surface area contributed by atoms with Gasteiger partial charge in [-0.1, -0.05) is 67.6 Å². The predicted octanol–water partition coefficient (Wildman–Crippen LogP) is 7.54. The van der Waals surface area contributed by atoms with Crippen LogP contribution in [0, 0.1) is 5.82 Å². The maximum absolute atomic E-state index is 13.9. The van der Waals surface area contributed by atoms with Crippen molar-refractivity contribution in [3.8, 4) is 0 Å². The minimum Gasteiger partial charge on any atom is -0.317 e. The number of rotatable bonds is 8. The normalized spacial score (nSPS) is 15.7. The van der Waals surface area contributed by atoms with E-state index in [4.69, 9.17) is 0 Å². The molecular weight excluding hydrogens is 494 g/mol. The standard InChI is InChI=1S/C30H33F4N3O/c1-22(24-10-6-3-7-11-24)12-15-36-16-13-28(14-17-36)37(21-23-8-4-2-5-9-23)29(38)35-27-19-25(30(32,33)34)18-26(31)20-27/h2-11,18-20,22,28H,12-17,21H2,1H3,(H,35,38). The summed E-state index contributed by atoms with van der Waals surface area (Å²) in [6.07, 6.45) is -2.19. The SMILES string of the molecule is CC(CCN1CCC(N(Cc2ccccc2)C(=O)Nc2cc(F)cc(C(F)(F)F)c2)CC1)c1ccccc1. The molecule has 1 saturated heterocycles. The van der Waals surface area contributed by atoms with Gasteiger partial charge in [-0.3, -0.25) is 0 Å². The van der Waals surface area contributed by atoms with Crippen molar-refractivity contribution in [2.45, 2.75) is 50.9 Å². The summed E-state index contributed by atoms with van der Waals surface area (Å²) < 4.78 is 53.4. The summed E-state index contributed by atoms with van der Waals surface area (Å²) in [5.41, 5.74) is 0.879. The number of nitrogens with one attached hydrogen (secondary N) is 1. The van der Waals surface area contributed by atoms with Crippen LogP contribution < -0.4 is 5.32 Å². The van der Waals surface area contributed by atoms with Crippen molar-refractivity contribution in [3.63, 3.8) is 0 Å². The van der Waals surface area contributed by atoms with Crippen LogP contribution in [0.4, 0.5) is 28.0 Å². The molecule has 0 saturated carbocycles. The number of nitrogens with zero attached hydrogens (tertiary/aromatic N) is 2. The molecule has 3 aromatic rings. The molecule has 1 N–H and O–H groups in total. The highest BCUT2D eigenvalue weighted by atomic mass is 19.4. The van der Waals surface area contributed by atoms with Gasteiger partial charge in [-0.15, -0.1) is 0 Å². The zero-order valence-corrected chi connectivity index (χ0v) is 21.4. The molecule has 1 aliphatic heterocycles. The molecule has 3 aromatic carbocycles. The fraction of sp³-hybridized carbons (Fsp3) is 0.367. The molecule has 1 fully saturated rings. The van der Waals surface area contributed by atoms with Gasteiger partial charge in [0.15, 0.2) is 0 Å². The molecular formula is C30H33F4N3O. The van der Waals surface area contributed by atoms with E-state index >= 15 is 0 Å². The average molecular weight is 528 g/mol. The smallest absolute Gasteiger partial charge is 0.317 e. The lowest BCUT2D eigenvalue weighted by Gasteiger charge is -2.39. The lowest BCUT2D eigenvalue weighted by molar-refractivity contribution is -0.137. The average Bonchev–Trinajstić information content (AvgIpc) is 2.91. The summed E-state index contributed by atoms with van der Waals surface area (Å²) in [6, 6.07) is 21.3. The van der Waals surface area contributed by atoms with Crippen LogP contribution in [0.1, 0.15) is 48.8 Å². The van der Waals surface area contributed by atoms with E-state index in [0.29, 0.717) is 18.5 Å². The van der Waals surface area contributed by atoms with Crippen LogP contribution >= 0.6 is 0 Å². The summed E-state index contributed by atoms with van der Waals surface area (Å²) in [5, 5.41) is 2.52. The number of hydrogen-bond donors (Lipinski definition) is 1. The second kappa shape index (κ2) is 12.4. The Hall–Kier alpha value is -3.39. The molecule has 0 bridgehead atoms. The molecule has 8 heteroatoms. The Labute approximate surface area is 221 Å². The number of urea groups is 1. The number of carbonyl (C=O) groups excluding carboxylic acids is 1. The van der Waals surface area contributed by atoms with Gasteiger partial charge in [0.2, 0.25) is 0 Å². The molecule has 0 aromatic heterocycles. The van der Waals surface area contributed by atoms with Gasteiger partial charge in [0.05, 0.1) is 5.56 Å². The molecule has 202 valence electrons. The molecule has 1 aliphatic rings. The van der Waals surface area contributed by atoms with Crippen LogP contribution in [-0.2, 0) is 12.7 Å². The maximum atomic E-state index is 13.9. The summed E-state index contributed by atoms with van der Waals surface area (Å²) >= 11 is 0. The Morgan fingerprint density at radius 1 is 1.00 bits per heavy atom. The molecule has 1 unspecified atom stereocenters. The highest BCUT2D eigenvalue weighted by Crippen LogP contribution is 2.32. The molecule has 1 heterocycles. The number of benzene rings is 3. The number of amides is 2. The van der Waals surface area contributed by atoms with Gasteiger partial charge in [-0.25, -0.2) is 9.18 Å². The van der Waals surface area contributed by atoms with Crippen LogP contribution in [0.25, 0.3) is 0 Å². The van der Waals surface area contributed by atoms with Crippen LogP contribution in [0.5, 0.6) is 0 Å². The molecule has 4 nitrogen and oxygen atoms in total. The maximum Gasteiger partial charge on any atom is 0.416 e. The number of carbonyl (C=O) groups is 1. The van der Waals surface area contributed by atoms with Crippen molar-refractivity contribution in [3.05, 3.63) is 101 Å². The molecule has 38 heavy (non-hydrogen) atoms. The van der Waals surface area contributed by atoms with Gasteiger partial charge in [0, 0.05) is 31.4 Å². The Bertz CT molecular complexity index is 1180. The minimum absolute atomic E-state index is 0.0892. The Morgan fingerprint density at radius 2 is 1.63 bits per heavy atom. The molecule has 2 amide bonds. The van der Waals surface area contributed by atoms with Crippen molar-refractivity contribution < 1.29 is 22.4 Å². The van der Waals surface area contributed by atoms with Crippen molar-refractivity contribution >= 4 is 11.7 Å². The van der Waals surface area contributed by atoms with Gasteiger partial charge >= 0.3 is 12.2 Å². The number of alkyl halides is 3. The topological polar surface area (TPSA) is 35.6 Å². The van der Waals surface area contributed by atoms with E-state index < -0.39 is 23.6 Å². The Balaban J connectivity index is 1.41. The van der Waals surface area contributed by atoms with Gasteiger partial charge in [-0.2, -0.15) is 13.2 Å². The Kier molecular flexibility index (Phi) is 9.05. The third-order valence-electron chi connectivity index (χ3n) is 7.18. The molecule has 4 rings (SSSR count). The van der Waals surface area contributed by atoms with Crippen molar-refractivity contribution in [1.82, 2.24) is 9.80 Å². The van der Waals surface area contributed by atoms with Gasteiger partial charge in [-0.05, 0) is 61.1 Å². The Morgan fingerprint density at radius 3 is 2.26 bits per heavy atom. The quantitative estimate of drug-likeness (QED) is 0.307. The predicted molar refractivity (Wildman–Crippen MR) is 141 cm³/mol. The fourth-order valence-electron chi connectivity index (χ4n) is 4.95. The van der Waals surface area contributed by atoms with Crippen molar-refractivity contribution in [1.29, 1.82) is 0 Å². The lowest BCUT2D eigenvalue weighted by atomic mass is 9.96. The first-order valence-electron chi connectivity index (χ1n) is 13.0. The third kappa shape index (κ3) is 7.57. The van der Waals surface area contributed by atoms with E-state index in [-0.39, 0.29) is 11.7 Å². The largest absolute Gasteiger partial charge is 0.416 e. The molecule has 0 spiro atoms. The minimum atomic E-state index is -4.71. The van der Waals surface area contributed by atoms with Crippen LogP contribution in [0.15, 0.2) is 78.9 Å². The van der Waals surface area contributed by atoms with E-state index in [9.17, 15) is 22.4 Å². The second-order valence-corrected chi connectivity index (χ2v) is 9.94. The van der Waals surface area contributed by atoms with Crippen LogP contribution in [-0.4, -0.2) is 41.5 Å². The molecule has 0 radical (unpaired) electrons. The third-order valence-corrected chi connectivity index (χ3v) is 7.18. The highest BCUT2D eigenvalue weighted by molar-refractivity contribution is 5.89.